The predicted octanol–water partition coefficient (Wildman–Crippen LogP) is 4.92. The van der Waals surface area contributed by atoms with Crippen LogP contribution in [0.1, 0.15) is 56.1 Å². The van der Waals surface area contributed by atoms with Crippen molar-refractivity contribution in [3.63, 3.8) is 0 Å². The minimum atomic E-state index is -4.34. The number of carbonyl (C=O) groups excluding carboxylic acids is 1. The lowest BCUT2D eigenvalue weighted by molar-refractivity contribution is -0.162. The molecule has 0 amide bonds. The van der Waals surface area contributed by atoms with Crippen LogP contribution in [0.25, 0.3) is 0 Å². The van der Waals surface area contributed by atoms with Gasteiger partial charge in [-0.15, -0.1) is 0 Å². The third-order valence-electron chi connectivity index (χ3n) is 4.22. The molecule has 3 nitrogen and oxygen atoms in total. The van der Waals surface area contributed by atoms with Crippen molar-refractivity contribution in [2.24, 2.45) is 0 Å². The van der Waals surface area contributed by atoms with Crippen LogP contribution in [-0.4, -0.2) is 25.3 Å². The van der Waals surface area contributed by atoms with Gasteiger partial charge in [0.15, 0.2) is 6.29 Å². The normalized spacial score (nSPS) is 18.3. The Labute approximate surface area is 146 Å². The van der Waals surface area contributed by atoms with E-state index in [1.54, 1.807) is 0 Å². The molecule has 1 aromatic carbocycles. The van der Waals surface area contributed by atoms with E-state index in [0.29, 0.717) is 18.6 Å². The van der Waals surface area contributed by atoms with Gasteiger partial charge in [-0.2, -0.15) is 13.2 Å². The molecule has 2 rings (SSSR count). The van der Waals surface area contributed by atoms with Crippen LogP contribution in [0.3, 0.4) is 0 Å². The molecule has 1 aromatic rings. The average Bonchev–Trinajstić information content (AvgIpc) is 2.58. The number of ether oxygens (including phenoxy) is 2. The smallest absolute Gasteiger partial charge is 0.353 e. The fraction of sp³-hybridized carbons (Fsp3) is 0.632. The maximum atomic E-state index is 12.5. The molecule has 0 spiro atoms. The van der Waals surface area contributed by atoms with Crippen LogP contribution in [0.15, 0.2) is 24.3 Å². The Morgan fingerprint density at radius 1 is 1.12 bits per heavy atom. The van der Waals surface area contributed by atoms with E-state index < -0.39 is 11.7 Å². The number of hydrogen-bond donors (Lipinski definition) is 0. The SMILES string of the molecule is O=C(CCCCCOC1CCCCO1)Cc1ccc(C(F)(F)F)cc1. The molecule has 0 radical (unpaired) electrons. The van der Waals surface area contributed by atoms with Gasteiger partial charge < -0.3 is 9.47 Å². The fourth-order valence-electron chi connectivity index (χ4n) is 2.79. The Morgan fingerprint density at radius 2 is 1.88 bits per heavy atom. The summed E-state index contributed by atoms with van der Waals surface area (Å²) in [7, 11) is 0. The van der Waals surface area contributed by atoms with Crippen LogP contribution in [0.5, 0.6) is 0 Å². The van der Waals surface area contributed by atoms with Crippen LogP contribution < -0.4 is 0 Å². The molecule has 0 N–H and O–H groups in total. The lowest BCUT2D eigenvalue weighted by atomic mass is 10.0. The Hall–Kier alpha value is -1.40. The predicted molar refractivity (Wildman–Crippen MR) is 88.2 cm³/mol. The molecule has 0 bridgehead atoms. The van der Waals surface area contributed by atoms with E-state index in [1.165, 1.54) is 12.1 Å². The minimum absolute atomic E-state index is 0.0521. The van der Waals surface area contributed by atoms with Crippen molar-refractivity contribution in [1.82, 2.24) is 0 Å². The second kappa shape index (κ2) is 9.92. The van der Waals surface area contributed by atoms with Gasteiger partial charge >= 0.3 is 6.18 Å². The zero-order valence-electron chi connectivity index (χ0n) is 14.3. The first-order valence-electron chi connectivity index (χ1n) is 8.86. The summed E-state index contributed by atoms with van der Waals surface area (Å²) in [6, 6.07) is 4.79. The first kappa shape index (κ1) is 19.9. The number of benzene rings is 1. The molecule has 0 aliphatic carbocycles. The summed E-state index contributed by atoms with van der Waals surface area (Å²) < 4.78 is 48.5. The van der Waals surface area contributed by atoms with E-state index in [-0.39, 0.29) is 18.5 Å². The molecule has 0 saturated carbocycles. The lowest BCUT2D eigenvalue weighted by Gasteiger charge is -2.22. The van der Waals surface area contributed by atoms with E-state index in [4.69, 9.17) is 9.47 Å². The highest BCUT2D eigenvalue weighted by Crippen LogP contribution is 2.29. The average molecular weight is 358 g/mol. The highest BCUT2D eigenvalue weighted by atomic mass is 19.4. The molecular formula is C19H25F3O3. The van der Waals surface area contributed by atoms with Crippen molar-refractivity contribution in [1.29, 1.82) is 0 Å². The van der Waals surface area contributed by atoms with Gasteiger partial charge in [-0.05, 0) is 49.8 Å². The quantitative estimate of drug-likeness (QED) is 0.588. The largest absolute Gasteiger partial charge is 0.416 e. The van der Waals surface area contributed by atoms with Gasteiger partial charge in [0, 0.05) is 26.1 Å². The van der Waals surface area contributed by atoms with E-state index in [2.05, 4.69) is 0 Å². The molecule has 1 saturated heterocycles. The second-order valence-electron chi connectivity index (χ2n) is 6.39. The maximum Gasteiger partial charge on any atom is 0.416 e. The standard InChI is InChI=1S/C19H25F3O3/c20-19(21,22)16-10-8-15(9-11-16)14-17(23)6-2-1-4-12-24-18-7-3-5-13-25-18/h8-11,18H,1-7,12-14H2. The number of ketones is 1. The maximum absolute atomic E-state index is 12.5. The van der Waals surface area contributed by atoms with Crippen molar-refractivity contribution in [2.45, 2.75) is 63.8 Å². The van der Waals surface area contributed by atoms with E-state index in [1.807, 2.05) is 0 Å². The van der Waals surface area contributed by atoms with Crippen LogP contribution in [0, 0.1) is 0 Å². The minimum Gasteiger partial charge on any atom is -0.353 e. The zero-order valence-corrected chi connectivity index (χ0v) is 14.3. The number of carbonyl (C=O) groups is 1. The summed E-state index contributed by atoms with van der Waals surface area (Å²) in [4.78, 5) is 11.9. The lowest BCUT2D eigenvalue weighted by Crippen LogP contribution is -2.22. The number of alkyl halides is 3. The molecule has 140 valence electrons. The first-order valence-corrected chi connectivity index (χ1v) is 8.86. The summed E-state index contributed by atoms with van der Waals surface area (Å²) in [6.07, 6.45) is 1.96. The van der Waals surface area contributed by atoms with Crippen molar-refractivity contribution in [2.75, 3.05) is 13.2 Å². The number of rotatable bonds is 9. The van der Waals surface area contributed by atoms with Gasteiger partial charge in [0.25, 0.3) is 0 Å². The van der Waals surface area contributed by atoms with E-state index in [0.717, 1.165) is 57.3 Å². The Balaban J connectivity index is 1.56. The number of Topliss-reactive ketones (excluding diaryl/α,β-unsaturated/α-hetero) is 1. The zero-order chi connectivity index (χ0) is 18.1. The molecular weight excluding hydrogens is 333 g/mol. The Morgan fingerprint density at radius 3 is 2.52 bits per heavy atom. The van der Waals surface area contributed by atoms with Gasteiger partial charge in [0.1, 0.15) is 5.78 Å². The molecule has 1 fully saturated rings. The van der Waals surface area contributed by atoms with Crippen molar-refractivity contribution in [3.8, 4) is 0 Å². The van der Waals surface area contributed by atoms with Crippen molar-refractivity contribution >= 4 is 5.78 Å². The fourth-order valence-corrected chi connectivity index (χ4v) is 2.79. The molecule has 25 heavy (non-hydrogen) atoms. The molecule has 1 atom stereocenters. The molecule has 1 aliphatic heterocycles. The molecule has 1 unspecified atom stereocenters. The monoisotopic (exact) mass is 358 g/mol. The Kier molecular flexibility index (Phi) is 7.90. The summed E-state index contributed by atoms with van der Waals surface area (Å²) in [5.74, 6) is 0.0521. The molecule has 6 heteroatoms. The van der Waals surface area contributed by atoms with Gasteiger partial charge in [0.05, 0.1) is 5.56 Å². The highest BCUT2D eigenvalue weighted by molar-refractivity contribution is 5.80. The summed E-state index contributed by atoms with van der Waals surface area (Å²) >= 11 is 0. The molecule has 1 aliphatic rings. The topological polar surface area (TPSA) is 35.5 Å². The highest BCUT2D eigenvalue weighted by Gasteiger charge is 2.29. The molecule has 0 aromatic heterocycles. The summed E-state index contributed by atoms with van der Waals surface area (Å²) in [5, 5.41) is 0. The van der Waals surface area contributed by atoms with Crippen LogP contribution >= 0.6 is 0 Å². The van der Waals surface area contributed by atoms with E-state index >= 15 is 0 Å². The van der Waals surface area contributed by atoms with Crippen molar-refractivity contribution in [3.05, 3.63) is 35.4 Å². The van der Waals surface area contributed by atoms with Gasteiger partial charge in [-0.3, -0.25) is 4.79 Å². The number of hydrogen-bond acceptors (Lipinski definition) is 3. The number of halogens is 3. The van der Waals surface area contributed by atoms with E-state index in [9.17, 15) is 18.0 Å². The van der Waals surface area contributed by atoms with Gasteiger partial charge in [-0.1, -0.05) is 18.6 Å². The van der Waals surface area contributed by atoms with Gasteiger partial charge in [0.2, 0.25) is 0 Å². The van der Waals surface area contributed by atoms with Crippen LogP contribution in [-0.2, 0) is 26.9 Å². The van der Waals surface area contributed by atoms with Crippen LogP contribution in [0.4, 0.5) is 13.2 Å². The van der Waals surface area contributed by atoms with Crippen LogP contribution in [0.2, 0.25) is 0 Å². The summed E-state index contributed by atoms with van der Waals surface area (Å²) in [5.41, 5.74) is -0.0681. The number of unbranched alkanes of at least 4 members (excludes halogenated alkanes) is 2. The van der Waals surface area contributed by atoms with Gasteiger partial charge in [-0.25, -0.2) is 0 Å². The summed E-state index contributed by atoms with van der Waals surface area (Å²) in [6.45, 7) is 1.40. The molecule has 1 heterocycles. The second-order valence-corrected chi connectivity index (χ2v) is 6.39. The third-order valence-corrected chi connectivity index (χ3v) is 4.22. The Bertz CT molecular complexity index is 520. The van der Waals surface area contributed by atoms with Crippen molar-refractivity contribution < 1.29 is 27.4 Å². The first-order chi connectivity index (χ1) is 11.9. The third kappa shape index (κ3) is 7.57.